The first kappa shape index (κ1) is 18.6. The van der Waals surface area contributed by atoms with Gasteiger partial charge in [-0.25, -0.2) is 0 Å². The van der Waals surface area contributed by atoms with Gasteiger partial charge in [0.15, 0.2) is 0 Å². The van der Waals surface area contributed by atoms with E-state index in [-0.39, 0.29) is 6.42 Å². The van der Waals surface area contributed by atoms with Gasteiger partial charge >= 0.3 is 0 Å². The van der Waals surface area contributed by atoms with Crippen molar-refractivity contribution in [3.63, 3.8) is 0 Å². The van der Waals surface area contributed by atoms with Gasteiger partial charge in [-0.05, 0) is 42.8 Å². The van der Waals surface area contributed by atoms with Crippen LogP contribution in [0.4, 0.5) is 11.4 Å². The van der Waals surface area contributed by atoms with Crippen LogP contribution in [0.25, 0.3) is 0 Å². The molecule has 7 heteroatoms. The number of rotatable bonds is 6. The summed E-state index contributed by atoms with van der Waals surface area (Å²) in [4.78, 5) is 24.1. The summed E-state index contributed by atoms with van der Waals surface area (Å²) in [6, 6.07) is 10.1. The summed E-state index contributed by atoms with van der Waals surface area (Å²) < 4.78 is 10.2. The van der Waals surface area contributed by atoms with Crippen LogP contribution >= 0.6 is 11.6 Å². The largest absolute Gasteiger partial charge is 0.497 e. The molecule has 0 fully saturated rings. The van der Waals surface area contributed by atoms with E-state index in [1.807, 2.05) is 6.92 Å². The molecule has 0 saturated carbocycles. The second-order valence-corrected chi connectivity index (χ2v) is 5.71. The van der Waals surface area contributed by atoms with Crippen molar-refractivity contribution in [3.05, 3.63) is 47.0 Å². The van der Waals surface area contributed by atoms with Gasteiger partial charge in [0.05, 0.1) is 19.9 Å². The van der Waals surface area contributed by atoms with Crippen molar-refractivity contribution in [1.29, 1.82) is 0 Å². The van der Waals surface area contributed by atoms with Crippen LogP contribution in [0.5, 0.6) is 11.5 Å². The summed E-state index contributed by atoms with van der Waals surface area (Å²) >= 11 is 6.03. The van der Waals surface area contributed by atoms with Crippen molar-refractivity contribution in [3.8, 4) is 11.5 Å². The SMILES string of the molecule is COc1ccc(NC(=O)CC(=O)Nc2cc(C)c(Cl)cc2OC)cc1. The molecule has 132 valence electrons. The predicted molar refractivity (Wildman–Crippen MR) is 97.6 cm³/mol. The van der Waals surface area contributed by atoms with E-state index >= 15 is 0 Å². The molecule has 0 atom stereocenters. The number of ether oxygens (including phenoxy) is 2. The second kappa shape index (κ2) is 8.39. The first-order valence-electron chi connectivity index (χ1n) is 7.51. The number of hydrogen-bond acceptors (Lipinski definition) is 4. The Hall–Kier alpha value is -2.73. The van der Waals surface area contributed by atoms with Crippen LogP contribution < -0.4 is 20.1 Å². The highest BCUT2D eigenvalue weighted by Gasteiger charge is 2.14. The fourth-order valence-corrected chi connectivity index (χ4v) is 2.30. The molecule has 2 amide bonds. The zero-order valence-corrected chi connectivity index (χ0v) is 14.9. The molecule has 25 heavy (non-hydrogen) atoms. The molecule has 0 radical (unpaired) electrons. The molecule has 0 heterocycles. The first-order valence-corrected chi connectivity index (χ1v) is 7.88. The van der Waals surface area contributed by atoms with Gasteiger partial charge in [-0.2, -0.15) is 0 Å². The van der Waals surface area contributed by atoms with Crippen molar-refractivity contribution in [1.82, 2.24) is 0 Å². The minimum atomic E-state index is -0.453. The lowest BCUT2D eigenvalue weighted by Crippen LogP contribution is -2.21. The zero-order valence-electron chi connectivity index (χ0n) is 14.2. The lowest BCUT2D eigenvalue weighted by molar-refractivity contribution is -0.123. The van der Waals surface area contributed by atoms with Gasteiger partial charge in [0.1, 0.15) is 17.9 Å². The fourth-order valence-electron chi connectivity index (χ4n) is 2.15. The van der Waals surface area contributed by atoms with Crippen molar-refractivity contribution in [2.45, 2.75) is 13.3 Å². The maximum Gasteiger partial charge on any atom is 0.233 e. The van der Waals surface area contributed by atoms with Crippen LogP contribution in [0.1, 0.15) is 12.0 Å². The number of carbonyl (C=O) groups is 2. The standard InChI is InChI=1S/C18H19ClN2O4/c1-11-8-15(16(25-3)9-14(11)19)21-18(23)10-17(22)20-12-4-6-13(24-2)7-5-12/h4-9H,10H2,1-3H3,(H,20,22)(H,21,23). The summed E-state index contributed by atoms with van der Waals surface area (Å²) in [5, 5.41) is 5.85. The van der Waals surface area contributed by atoms with Crippen LogP contribution in [0, 0.1) is 6.92 Å². The number of amides is 2. The molecule has 0 aromatic heterocycles. The molecule has 2 aromatic rings. The highest BCUT2D eigenvalue weighted by Crippen LogP contribution is 2.31. The molecular formula is C18H19ClN2O4. The third kappa shape index (κ3) is 5.12. The van der Waals surface area contributed by atoms with Gasteiger partial charge in [0.25, 0.3) is 0 Å². The van der Waals surface area contributed by atoms with E-state index < -0.39 is 11.8 Å². The molecule has 0 bridgehead atoms. The molecule has 2 rings (SSSR count). The lowest BCUT2D eigenvalue weighted by atomic mass is 10.2. The molecule has 2 aromatic carbocycles. The maximum atomic E-state index is 12.1. The third-order valence-corrected chi connectivity index (χ3v) is 3.86. The molecule has 2 N–H and O–H groups in total. The summed E-state index contributed by atoms with van der Waals surface area (Å²) in [6.45, 7) is 1.81. The third-order valence-electron chi connectivity index (χ3n) is 3.45. The molecular weight excluding hydrogens is 344 g/mol. The van der Waals surface area contributed by atoms with Gasteiger partial charge in [-0.15, -0.1) is 0 Å². The van der Waals surface area contributed by atoms with Crippen LogP contribution in [-0.4, -0.2) is 26.0 Å². The Labute approximate surface area is 151 Å². The molecule has 6 nitrogen and oxygen atoms in total. The summed E-state index contributed by atoms with van der Waals surface area (Å²) in [5.74, 6) is 0.235. The molecule has 0 saturated heterocycles. The van der Waals surface area contributed by atoms with E-state index in [4.69, 9.17) is 21.1 Å². The van der Waals surface area contributed by atoms with Gasteiger partial charge < -0.3 is 20.1 Å². The summed E-state index contributed by atoms with van der Waals surface area (Å²) in [7, 11) is 3.04. The topological polar surface area (TPSA) is 76.7 Å². The normalized spacial score (nSPS) is 10.1. The predicted octanol–water partition coefficient (Wildman–Crippen LogP) is 3.63. The van der Waals surface area contributed by atoms with Crippen LogP contribution in [-0.2, 0) is 9.59 Å². The molecule has 0 aliphatic carbocycles. The fraction of sp³-hybridized carbons (Fsp3) is 0.222. The number of methoxy groups -OCH3 is 2. The quantitative estimate of drug-likeness (QED) is 0.769. The second-order valence-electron chi connectivity index (χ2n) is 5.30. The van der Waals surface area contributed by atoms with E-state index in [1.54, 1.807) is 43.5 Å². The molecule has 0 unspecified atom stereocenters. The highest BCUT2D eigenvalue weighted by atomic mass is 35.5. The van der Waals surface area contributed by atoms with Gasteiger partial charge in [0.2, 0.25) is 11.8 Å². The number of anilines is 2. The number of aryl methyl sites for hydroxylation is 1. The minimum Gasteiger partial charge on any atom is -0.497 e. The maximum absolute atomic E-state index is 12.1. The number of carbonyl (C=O) groups excluding carboxylic acids is 2. The van der Waals surface area contributed by atoms with E-state index in [0.29, 0.717) is 27.9 Å². The number of hydrogen-bond donors (Lipinski definition) is 2. The van der Waals surface area contributed by atoms with Crippen LogP contribution in [0.2, 0.25) is 5.02 Å². The minimum absolute atomic E-state index is 0.323. The average molecular weight is 363 g/mol. The van der Waals surface area contributed by atoms with E-state index in [2.05, 4.69) is 10.6 Å². The smallest absolute Gasteiger partial charge is 0.233 e. The number of nitrogens with one attached hydrogen (secondary N) is 2. The molecule has 0 spiro atoms. The summed E-state index contributed by atoms with van der Waals surface area (Å²) in [5.41, 5.74) is 1.84. The van der Waals surface area contributed by atoms with Crippen LogP contribution in [0.3, 0.4) is 0 Å². The Balaban J connectivity index is 1.97. The summed E-state index contributed by atoms with van der Waals surface area (Å²) in [6.07, 6.45) is -0.323. The van der Waals surface area contributed by atoms with Crippen molar-refractivity contribution >= 4 is 34.8 Å². The average Bonchev–Trinajstić information content (AvgIpc) is 2.58. The lowest BCUT2D eigenvalue weighted by Gasteiger charge is -2.12. The monoisotopic (exact) mass is 362 g/mol. The Bertz CT molecular complexity index is 775. The van der Waals surface area contributed by atoms with Crippen molar-refractivity contribution in [2.24, 2.45) is 0 Å². The Morgan fingerprint density at radius 1 is 1.00 bits per heavy atom. The van der Waals surface area contributed by atoms with Gasteiger partial charge in [-0.3, -0.25) is 9.59 Å². The van der Waals surface area contributed by atoms with Crippen molar-refractivity contribution in [2.75, 3.05) is 24.9 Å². The van der Waals surface area contributed by atoms with Crippen molar-refractivity contribution < 1.29 is 19.1 Å². The van der Waals surface area contributed by atoms with E-state index in [9.17, 15) is 9.59 Å². The zero-order chi connectivity index (χ0) is 18.4. The van der Waals surface area contributed by atoms with E-state index in [0.717, 1.165) is 5.56 Å². The Morgan fingerprint density at radius 2 is 1.64 bits per heavy atom. The van der Waals surface area contributed by atoms with Gasteiger partial charge in [0, 0.05) is 16.8 Å². The number of benzene rings is 2. The first-order chi connectivity index (χ1) is 11.9. The van der Waals surface area contributed by atoms with E-state index in [1.165, 1.54) is 7.11 Å². The number of halogens is 1. The van der Waals surface area contributed by atoms with Crippen LogP contribution in [0.15, 0.2) is 36.4 Å². The highest BCUT2D eigenvalue weighted by molar-refractivity contribution is 6.31. The molecule has 0 aliphatic rings. The van der Waals surface area contributed by atoms with Gasteiger partial charge in [-0.1, -0.05) is 11.6 Å². The Kier molecular flexibility index (Phi) is 6.25. The Morgan fingerprint density at radius 3 is 2.24 bits per heavy atom. The molecule has 0 aliphatic heterocycles.